The largest absolute Gasteiger partial charge is 0.478 e. The van der Waals surface area contributed by atoms with Gasteiger partial charge in [0.15, 0.2) is 0 Å². The Morgan fingerprint density at radius 2 is 2.00 bits per heavy atom. The van der Waals surface area contributed by atoms with Crippen LogP contribution >= 0.6 is 11.3 Å². The van der Waals surface area contributed by atoms with Gasteiger partial charge in [0.2, 0.25) is 0 Å². The molecule has 0 aliphatic heterocycles. The second kappa shape index (κ2) is 5.39. The third kappa shape index (κ3) is 3.73. The van der Waals surface area contributed by atoms with Gasteiger partial charge in [-0.2, -0.15) is 0 Å². The Morgan fingerprint density at radius 3 is 2.50 bits per heavy atom. The van der Waals surface area contributed by atoms with E-state index in [1.165, 1.54) is 17.4 Å². The zero-order valence-corrected chi connectivity index (χ0v) is 11.7. The molecule has 1 aromatic heterocycles. The summed E-state index contributed by atoms with van der Waals surface area (Å²) in [7, 11) is 0. The van der Waals surface area contributed by atoms with Gasteiger partial charge in [0, 0.05) is 6.04 Å². The molecule has 1 unspecified atom stereocenters. The van der Waals surface area contributed by atoms with Gasteiger partial charge in [-0.15, -0.1) is 11.3 Å². The summed E-state index contributed by atoms with van der Waals surface area (Å²) in [4.78, 5) is 22.6. The van der Waals surface area contributed by atoms with Crippen LogP contribution in [-0.2, 0) is 0 Å². The number of carboxylic acids is 1. The number of carbonyl (C=O) groups excluding carboxylic acids is 1. The summed E-state index contributed by atoms with van der Waals surface area (Å²) >= 11 is 1.19. The molecule has 0 radical (unpaired) electrons. The van der Waals surface area contributed by atoms with Gasteiger partial charge in [-0.05, 0) is 23.8 Å². The quantitative estimate of drug-likeness (QED) is 0.790. The van der Waals surface area contributed by atoms with E-state index in [9.17, 15) is 9.59 Å². The van der Waals surface area contributed by atoms with Crippen molar-refractivity contribution < 1.29 is 14.7 Å². The summed E-state index contributed by atoms with van der Waals surface area (Å²) in [5, 5.41) is 16.2. The molecule has 1 rings (SSSR count). The fourth-order valence-corrected chi connectivity index (χ4v) is 1.90. The minimum absolute atomic E-state index is 0.0225. The van der Waals surface area contributed by atoms with Gasteiger partial charge >= 0.3 is 12.0 Å². The van der Waals surface area contributed by atoms with Gasteiger partial charge in [0.1, 0.15) is 5.00 Å². The van der Waals surface area contributed by atoms with Gasteiger partial charge in [-0.25, -0.2) is 9.59 Å². The number of hydrogen-bond donors (Lipinski definition) is 3. The predicted molar refractivity (Wildman–Crippen MR) is 72.3 cm³/mol. The lowest BCUT2D eigenvalue weighted by molar-refractivity contribution is 0.0698. The number of urea groups is 1. The Labute approximate surface area is 110 Å². The van der Waals surface area contributed by atoms with Gasteiger partial charge in [-0.3, -0.25) is 5.32 Å². The predicted octanol–water partition coefficient (Wildman–Crippen LogP) is 3.00. The molecule has 3 N–H and O–H groups in total. The molecular formula is C12H18N2O3S. The van der Waals surface area contributed by atoms with E-state index in [1.807, 2.05) is 27.7 Å². The third-order valence-corrected chi connectivity index (χ3v) is 3.60. The van der Waals surface area contributed by atoms with Gasteiger partial charge < -0.3 is 10.4 Å². The van der Waals surface area contributed by atoms with Crippen molar-refractivity contribution in [3.63, 3.8) is 0 Å². The minimum atomic E-state index is -1.05. The maximum atomic E-state index is 11.7. The molecule has 1 heterocycles. The van der Waals surface area contributed by atoms with Crippen LogP contribution in [0.5, 0.6) is 0 Å². The molecule has 5 nitrogen and oxygen atoms in total. The number of rotatable bonds is 3. The molecule has 0 aliphatic rings. The van der Waals surface area contributed by atoms with Gasteiger partial charge in [0.05, 0.1) is 5.56 Å². The number of nitrogens with one attached hydrogen (secondary N) is 2. The summed E-state index contributed by atoms with van der Waals surface area (Å²) in [5.41, 5.74) is 0.0566. The first kappa shape index (κ1) is 14.5. The van der Waals surface area contributed by atoms with Crippen molar-refractivity contribution >= 4 is 28.3 Å². The first-order valence-corrected chi connectivity index (χ1v) is 6.48. The van der Waals surface area contributed by atoms with Crippen molar-refractivity contribution in [1.82, 2.24) is 5.32 Å². The molecule has 1 atom stereocenters. The summed E-state index contributed by atoms with van der Waals surface area (Å²) in [6.07, 6.45) is 0. The maximum absolute atomic E-state index is 11.7. The molecule has 1 aromatic rings. The van der Waals surface area contributed by atoms with Crippen LogP contribution in [0.4, 0.5) is 9.80 Å². The van der Waals surface area contributed by atoms with E-state index in [0.29, 0.717) is 5.00 Å². The summed E-state index contributed by atoms with van der Waals surface area (Å²) in [6.45, 7) is 7.97. The number of amides is 2. The summed E-state index contributed by atoms with van der Waals surface area (Å²) < 4.78 is 0. The van der Waals surface area contributed by atoms with E-state index in [0.717, 1.165) is 0 Å². The maximum Gasteiger partial charge on any atom is 0.338 e. The second-order valence-corrected chi connectivity index (χ2v) is 6.07. The van der Waals surface area contributed by atoms with Crippen molar-refractivity contribution in [1.29, 1.82) is 0 Å². The van der Waals surface area contributed by atoms with Crippen LogP contribution in [0.2, 0.25) is 0 Å². The fraction of sp³-hybridized carbons (Fsp3) is 0.500. The SMILES string of the molecule is CC(NC(=O)Nc1sccc1C(=O)O)C(C)(C)C. The average molecular weight is 270 g/mol. The molecule has 0 saturated heterocycles. The van der Waals surface area contributed by atoms with Crippen molar-refractivity contribution in [3.05, 3.63) is 17.0 Å². The number of thiophene rings is 1. The number of carbonyl (C=O) groups is 2. The standard InChI is InChI=1S/C12H18N2O3S/c1-7(12(2,3)4)13-11(17)14-9-8(10(15)16)5-6-18-9/h5-7H,1-4H3,(H,15,16)(H2,13,14,17). The van der Waals surface area contributed by atoms with Crippen LogP contribution in [0.15, 0.2) is 11.4 Å². The van der Waals surface area contributed by atoms with Gasteiger partial charge in [0.25, 0.3) is 0 Å². The summed E-state index contributed by atoms with van der Waals surface area (Å²) in [5.74, 6) is -1.05. The molecular weight excluding hydrogens is 252 g/mol. The zero-order valence-electron chi connectivity index (χ0n) is 10.9. The van der Waals surface area contributed by atoms with Gasteiger partial charge in [-0.1, -0.05) is 20.8 Å². The van der Waals surface area contributed by atoms with E-state index >= 15 is 0 Å². The Balaban J connectivity index is 2.66. The van der Waals surface area contributed by atoms with E-state index < -0.39 is 5.97 Å². The topological polar surface area (TPSA) is 78.4 Å². The number of carboxylic acid groups (broad SMARTS) is 1. The molecule has 18 heavy (non-hydrogen) atoms. The van der Waals surface area contributed by atoms with Crippen LogP contribution < -0.4 is 10.6 Å². The Bertz CT molecular complexity index is 448. The number of anilines is 1. The highest BCUT2D eigenvalue weighted by Gasteiger charge is 2.22. The van der Waals surface area contributed by atoms with Crippen molar-refractivity contribution in [2.45, 2.75) is 33.7 Å². The first-order chi connectivity index (χ1) is 8.21. The van der Waals surface area contributed by atoms with Crippen LogP contribution in [0.3, 0.4) is 0 Å². The minimum Gasteiger partial charge on any atom is -0.478 e. The molecule has 0 aliphatic carbocycles. The smallest absolute Gasteiger partial charge is 0.338 e. The normalized spacial score (nSPS) is 12.9. The van der Waals surface area contributed by atoms with Crippen molar-refractivity contribution in [2.24, 2.45) is 5.41 Å². The van der Waals surface area contributed by atoms with E-state index in [4.69, 9.17) is 5.11 Å². The van der Waals surface area contributed by atoms with Crippen LogP contribution in [0, 0.1) is 5.41 Å². The molecule has 6 heteroatoms. The van der Waals surface area contributed by atoms with Crippen molar-refractivity contribution in [3.8, 4) is 0 Å². The fourth-order valence-electron chi connectivity index (χ4n) is 1.13. The molecule has 2 amide bonds. The zero-order chi connectivity index (χ0) is 13.9. The molecule has 100 valence electrons. The van der Waals surface area contributed by atoms with E-state index in [-0.39, 0.29) is 23.1 Å². The van der Waals surface area contributed by atoms with Crippen molar-refractivity contribution in [2.75, 3.05) is 5.32 Å². The monoisotopic (exact) mass is 270 g/mol. The average Bonchev–Trinajstić information content (AvgIpc) is 2.63. The highest BCUT2D eigenvalue weighted by atomic mass is 32.1. The number of aromatic carboxylic acids is 1. The highest BCUT2D eigenvalue weighted by molar-refractivity contribution is 7.14. The van der Waals surface area contributed by atoms with Crippen LogP contribution in [0.25, 0.3) is 0 Å². The van der Waals surface area contributed by atoms with Crippen LogP contribution in [-0.4, -0.2) is 23.1 Å². The lowest BCUT2D eigenvalue weighted by Crippen LogP contribution is -2.43. The summed E-state index contributed by atoms with van der Waals surface area (Å²) in [6, 6.07) is 1.06. The Kier molecular flexibility index (Phi) is 4.34. The van der Waals surface area contributed by atoms with E-state index in [1.54, 1.807) is 5.38 Å². The lowest BCUT2D eigenvalue weighted by atomic mass is 9.88. The molecule has 0 spiro atoms. The Hall–Kier alpha value is -1.56. The number of hydrogen-bond acceptors (Lipinski definition) is 3. The molecule has 0 aromatic carbocycles. The lowest BCUT2D eigenvalue weighted by Gasteiger charge is -2.27. The molecule has 0 bridgehead atoms. The molecule has 0 saturated carbocycles. The van der Waals surface area contributed by atoms with E-state index in [2.05, 4.69) is 10.6 Å². The highest BCUT2D eigenvalue weighted by Crippen LogP contribution is 2.23. The molecule has 0 fully saturated rings. The first-order valence-electron chi connectivity index (χ1n) is 5.60. The third-order valence-electron chi connectivity index (χ3n) is 2.77. The Morgan fingerprint density at radius 1 is 1.39 bits per heavy atom. The second-order valence-electron chi connectivity index (χ2n) is 5.15. The van der Waals surface area contributed by atoms with Crippen LogP contribution in [0.1, 0.15) is 38.1 Å².